The second-order valence-electron chi connectivity index (χ2n) is 5.36. The van der Waals surface area contributed by atoms with Crippen LogP contribution in [0.15, 0.2) is 41.8 Å². The molecule has 0 saturated carbocycles. The molecule has 5 nitrogen and oxygen atoms in total. The van der Waals surface area contributed by atoms with Gasteiger partial charge in [0.15, 0.2) is 0 Å². The minimum absolute atomic E-state index is 0.116. The Hall–Kier alpha value is -2.34. The van der Waals surface area contributed by atoms with Crippen molar-refractivity contribution in [2.75, 3.05) is 13.1 Å². The molecule has 1 aliphatic heterocycles. The predicted molar refractivity (Wildman–Crippen MR) is 88.6 cm³/mol. The Balaban J connectivity index is 1.71. The van der Waals surface area contributed by atoms with Crippen molar-refractivity contribution in [1.82, 2.24) is 10.2 Å². The summed E-state index contributed by atoms with van der Waals surface area (Å²) in [6.07, 6.45) is 0. The van der Waals surface area contributed by atoms with Crippen LogP contribution in [0.5, 0.6) is 5.75 Å². The average Bonchev–Trinajstić information content (AvgIpc) is 3.09. The van der Waals surface area contributed by atoms with E-state index in [1.54, 1.807) is 41.4 Å². The first-order valence-electron chi connectivity index (χ1n) is 7.49. The zero-order valence-electron chi connectivity index (χ0n) is 12.8. The van der Waals surface area contributed by atoms with Gasteiger partial charge in [-0.3, -0.25) is 9.59 Å². The zero-order valence-corrected chi connectivity index (χ0v) is 13.6. The third kappa shape index (κ3) is 3.53. The van der Waals surface area contributed by atoms with Crippen LogP contribution in [-0.4, -0.2) is 35.8 Å². The second-order valence-corrected chi connectivity index (χ2v) is 6.39. The van der Waals surface area contributed by atoms with Gasteiger partial charge in [-0.05, 0) is 36.6 Å². The van der Waals surface area contributed by atoms with Gasteiger partial charge >= 0.3 is 0 Å². The van der Waals surface area contributed by atoms with E-state index in [1.165, 1.54) is 0 Å². The maximum absolute atomic E-state index is 12.6. The molecule has 1 saturated heterocycles. The van der Waals surface area contributed by atoms with Crippen molar-refractivity contribution in [3.8, 4) is 5.75 Å². The highest BCUT2D eigenvalue weighted by Gasteiger charge is 2.29. The minimum atomic E-state index is -0.452. The summed E-state index contributed by atoms with van der Waals surface area (Å²) in [5.41, 5.74) is 0.537. The first kappa shape index (κ1) is 15.6. The van der Waals surface area contributed by atoms with Crippen molar-refractivity contribution < 1.29 is 14.3 Å². The van der Waals surface area contributed by atoms with Crippen molar-refractivity contribution >= 4 is 23.2 Å². The van der Waals surface area contributed by atoms with Crippen molar-refractivity contribution in [2.45, 2.75) is 19.6 Å². The van der Waals surface area contributed by atoms with Crippen LogP contribution < -0.4 is 10.1 Å². The highest BCUT2D eigenvalue weighted by atomic mass is 32.1. The van der Waals surface area contributed by atoms with Crippen molar-refractivity contribution in [2.24, 2.45) is 0 Å². The summed E-state index contributed by atoms with van der Waals surface area (Å²) in [5, 5.41) is 4.76. The van der Waals surface area contributed by atoms with Gasteiger partial charge in [0.1, 0.15) is 18.4 Å². The van der Waals surface area contributed by atoms with Crippen LogP contribution in [0.1, 0.15) is 22.2 Å². The molecule has 2 aromatic rings. The molecule has 120 valence electrons. The van der Waals surface area contributed by atoms with Gasteiger partial charge in [-0.1, -0.05) is 12.1 Å². The molecule has 1 aromatic carbocycles. The normalized spacial score (nSPS) is 17.7. The van der Waals surface area contributed by atoms with E-state index in [1.807, 2.05) is 23.6 Å². The number of hydrogen-bond donors (Lipinski definition) is 1. The highest BCUT2D eigenvalue weighted by molar-refractivity contribution is 7.09. The third-order valence-corrected chi connectivity index (χ3v) is 4.65. The quantitative estimate of drug-likeness (QED) is 0.936. The number of nitrogens with zero attached hydrogens (tertiary/aromatic N) is 1. The van der Waals surface area contributed by atoms with Crippen LogP contribution in [-0.2, 0) is 11.4 Å². The van der Waals surface area contributed by atoms with E-state index in [0.717, 1.165) is 4.88 Å². The standard InChI is InChI=1S/C17H18N2O3S/c1-12-16(20)18-7-8-19(12)17(21)13-4-2-5-14(10-13)22-11-15-6-3-9-23-15/h2-6,9-10,12H,7-8,11H2,1H3,(H,18,20). The van der Waals surface area contributed by atoms with Crippen LogP contribution >= 0.6 is 11.3 Å². The maximum Gasteiger partial charge on any atom is 0.254 e. The smallest absolute Gasteiger partial charge is 0.254 e. The summed E-state index contributed by atoms with van der Waals surface area (Å²) in [4.78, 5) is 27.1. The lowest BCUT2D eigenvalue weighted by Gasteiger charge is -2.32. The molecule has 1 atom stereocenters. The minimum Gasteiger partial charge on any atom is -0.488 e. The molecule has 1 unspecified atom stereocenters. The molecule has 1 aromatic heterocycles. The Morgan fingerprint density at radius 2 is 2.26 bits per heavy atom. The lowest BCUT2D eigenvalue weighted by atomic mass is 10.1. The van der Waals surface area contributed by atoms with Gasteiger partial charge in [-0.15, -0.1) is 11.3 Å². The molecule has 0 spiro atoms. The number of benzene rings is 1. The van der Waals surface area contributed by atoms with Gasteiger partial charge in [0.05, 0.1) is 0 Å². The summed E-state index contributed by atoms with van der Waals surface area (Å²) in [6.45, 7) is 3.23. The van der Waals surface area contributed by atoms with Gasteiger partial charge in [-0.2, -0.15) is 0 Å². The molecule has 6 heteroatoms. The molecule has 1 aliphatic rings. The van der Waals surface area contributed by atoms with Gasteiger partial charge in [-0.25, -0.2) is 0 Å². The Kier molecular flexibility index (Phi) is 4.62. The van der Waals surface area contributed by atoms with E-state index < -0.39 is 6.04 Å². The predicted octanol–water partition coefficient (Wildman–Crippen LogP) is 2.29. The molecule has 2 heterocycles. The second kappa shape index (κ2) is 6.83. The molecule has 23 heavy (non-hydrogen) atoms. The number of carbonyl (C=O) groups excluding carboxylic acids is 2. The number of amides is 2. The highest BCUT2D eigenvalue weighted by Crippen LogP contribution is 2.19. The summed E-state index contributed by atoms with van der Waals surface area (Å²) >= 11 is 1.63. The number of ether oxygens (including phenoxy) is 1. The zero-order chi connectivity index (χ0) is 16.2. The summed E-state index contributed by atoms with van der Waals surface area (Å²) in [7, 11) is 0. The van der Waals surface area contributed by atoms with E-state index in [9.17, 15) is 9.59 Å². The van der Waals surface area contributed by atoms with Gasteiger partial charge in [0.2, 0.25) is 5.91 Å². The molecule has 3 rings (SSSR count). The lowest BCUT2D eigenvalue weighted by Crippen LogP contribution is -2.55. The first-order chi connectivity index (χ1) is 11.1. The fourth-order valence-electron chi connectivity index (χ4n) is 2.49. The molecule has 0 radical (unpaired) electrons. The van der Waals surface area contributed by atoms with E-state index in [4.69, 9.17) is 4.74 Å². The fraction of sp³-hybridized carbons (Fsp3) is 0.294. The van der Waals surface area contributed by atoms with Gasteiger partial charge in [0.25, 0.3) is 5.91 Å². The van der Waals surface area contributed by atoms with Crippen LogP contribution in [0.25, 0.3) is 0 Å². The third-order valence-electron chi connectivity index (χ3n) is 3.80. The Morgan fingerprint density at radius 3 is 3.04 bits per heavy atom. The van der Waals surface area contributed by atoms with Crippen LogP contribution in [0.3, 0.4) is 0 Å². The Bertz CT molecular complexity index is 700. The van der Waals surface area contributed by atoms with Crippen molar-refractivity contribution in [3.63, 3.8) is 0 Å². The van der Waals surface area contributed by atoms with E-state index in [-0.39, 0.29) is 11.8 Å². The SMILES string of the molecule is CC1C(=O)NCCN1C(=O)c1cccc(OCc2cccs2)c1. The number of carbonyl (C=O) groups is 2. The van der Waals surface area contributed by atoms with Gasteiger partial charge in [0, 0.05) is 23.5 Å². The molecular weight excluding hydrogens is 312 g/mol. The van der Waals surface area contributed by atoms with Crippen LogP contribution in [0.2, 0.25) is 0 Å². The van der Waals surface area contributed by atoms with Crippen molar-refractivity contribution in [3.05, 3.63) is 52.2 Å². The number of thiophene rings is 1. The molecule has 1 fully saturated rings. The maximum atomic E-state index is 12.6. The summed E-state index contributed by atoms with van der Waals surface area (Å²) < 4.78 is 5.74. The number of nitrogens with one attached hydrogen (secondary N) is 1. The van der Waals surface area contributed by atoms with E-state index in [2.05, 4.69) is 5.32 Å². The monoisotopic (exact) mass is 330 g/mol. The number of hydrogen-bond acceptors (Lipinski definition) is 4. The van der Waals surface area contributed by atoms with Crippen molar-refractivity contribution in [1.29, 1.82) is 0 Å². The first-order valence-corrected chi connectivity index (χ1v) is 8.37. The summed E-state index contributed by atoms with van der Waals surface area (Å²) in [6, 6.07) is 10.6. The van der Waals surface area contributed by atoms with E-state index >= 15 is 0 Å². The number of rotatable bonds is 4. The van der Waals surface area contributed by atoms with Crippen LogP contribution in [0, 0.1) is 0 Å². The lowest BCUT2D eigenvalue weighted by molar-refractivity contribution is -0.127. The molecule has 0 aliphatic carbocycles. The largest absolute Gasteiger partial charge is 0.488 e. The van der Waals surface area contributed by atoms with Gasteiger partial charge < -0.3 is 15.0 Å². The van der Waals surface area contributed by atoms with E-state index in [0.29, 0.717) is 31.0 Å². The molecule has 1 N–H and O–H groups in total. The number of piperazine rings is 1. The molecule has 0 bridgehead atoms. The Labute approximate surface area is 138 Å². The van der Waals surface area contributed by atoms with Crippen LogP contribution in [0.4, 0.5) is 0 Å². The average molecular weight is 330 g/mol. The molecular formula is C17H18N2O3S. The summed E-state index contributed by atoms with van der Waals surface area (Å²) in [5.74, 6) is 0.391. The fourth-order valence-corrected chi connectivity index (χ4v) is 3.11. The molecule has 2 amide bonds. The topological polar surface area (TPSA) is 58.6 Å². The Morgan fingerprint density at radius 1 is 1.39 bits per heavy atom.